The first-order valence-corrected chi connectivity index (χ1v) is 10.0. The maximum atomic E-state index is 12.6. The van der Waals surface area contributed by atoms with Crippen LogP contribution in [0.2, 0.25) is 0 Å². The Morgan fingerprint density at radius 3 is 2.39 bits per heavy atom. The van der Waals surface area contributed by atoms with Crippen molar-refractivity contribution in [2.45, 2.75) is 38.6 Å². The molecule has 1 aromatic heterocycles. The van der Waals surface area contributed by atoms with Crippen LogP contribution in [0.4, 0.5) is 11.4 Å². The first kappa shape index (κ1) is 18.5. The smallest absolute Gasteiger partial charge is 0.270 e. The summed E-state index contributed by atoms with van der Waals surface area (Å²) in [6, 6.07) is 11.4. The lowest BCUT2D eigenvalue weighted by atomic mass is 9.99. The summed E-state index contributed by atoms with van der Waals surface area (Å²) in [6.45, 7) is 4.46. The Kier molecular flexibility index (Phi) is 5.28. The van der Waals surface area contributed by atoms with Crippen LogP contribution in [0, 0.1) is 5.92 Å². The Morgan fingerprint density at radius 2 is 1.71 bits per heavy atom. The zero-order valence-corrected chi connectivity index (χ0v) is 16.1. The van der Waals surface area contributed by atoms with Crippen LogP contribution in [0.25, 0.3) is 0 Å². The summed E-state index contributed by atoms with van der Waals surface area (Å²) < 4.78 is 0. The SMILES string of the molecule is CC1CCN(c2ccc(NC(=O)c3ccnc(C(=O)NC4CC4)c3)cc2)CC1. The van der Waals surface area contributed by atoms with Gasteiger partial charge in [-0.2, -0.15) is 0 Å². The van der Waals surface area contributed by atoms with Gasteiger partial charge in [0.1, 0.15) is 5.69 Å². The quantitative estimate of drug-likeness (QED) is 0.836. The van der Waals surface area contributed by atoms with Gasteiger partial charge < -0.3 is 15.5 Å². The van der Waals surface area contributed by atoms with Crippen molar-refractivity contribution < 1.29 is 9.59 Å². The molecule has 6 heteroatoms. The molecule has 28 heavy (non-hydrogen) atoms. The lowest BCUT2D eigenvalue weighted by Crippen LogP contribution is -2.32. The van der Waals surface area contributed by atoms with E-state index in [1.54, 1.807) is 6.07 Å². The van der Waals surface area contributed by atoms with E-state index in [0.29, 0.717) is 5.56 Å². The predicted octanol–water partition coefficient (Wildman–Crippen LogP) is 3.46. The number of rotatable bonds is 5. The fourth-order valence-corrected chi connectivity index (χ4v) is 3.41. The number of carbonyl (C=O) groups excluding carboxylic acids is 2. The minimum atomic E-state index is -0.248. The van der Waals surface area contributed by atoms with Crippen molar-refractivity contribution >= 4 is 23.2 Å². The average molecular weight is 378 g/mol. The second-order valence-electron chi connectivity index (χ2n) is 7.85. The van der Waals surface area contributed by atoms with Crippen LogP contribution in [0.3, 0.4) is 0 Å². The third kappa shape index (κ3) is 4.50. The van der Waals surface area contributed by atoms with E-state index in [2.05, 4.69) is 27.4 Å². The van der Waals surface area contributed by atoms with Gasteiger partial charge in [-0.05, 0) is 68.0 Å². The molecule has 2 aromatic rings. The van der Waals surface area contributed by atoms with E-state index in [9.17, 15) is 9.59 Å². The second-order valence-corrected chi connectivity index (χ2v) is 7.85. The number of benzene rings is 1. The maximum Gasteiger partial charge on any atom is 0.270 e. The van der Waals surface area contributed by atoms with Crippen molar-refractivity contribution in [1.29, 1.82) is 0 Å². The summed E-state index contributed by atoms with van der Waals surface area (Å²) in [5.41, 5.74) is 2.62. The van der Waals surface area contributed by atoms with E-state index < -0.39 is 0 Å². The van der Waals surface area contributed by atoms with Gasteiger partial charge in [0.2, 0.25) is 0 Å². The molecule has 2 aliphatic rings. The summed E-state index contributed by atoms with van der Waals surface area (Å²) in [5, 5.41) is 5.79. The summed E-state index contributed by atoms with van der Waals surface area (Å²) in [5.74, 6) is 0.325. The van der Waals surface area contributed by atoms with E-state index in [-0.39, 0.29) is 23.6 Å². The van der Waals surface area contributed by atoms with Crippen LogP contribution in [-0.2, 0) is 0 Å². The lowest BCUT2D eigenvalue weighted by Gasteiger charge is -2.32. The molecule has 1 aliphatic carbocycles. The number of nitrogens with one attached hydrogen (secondary N) is 2. The molecule has 2 N–H and O–H groups in total. The Balaban J connectivity index is 1.38. The number of aromatic nitrogens is 1. The monoisotopic (exact) mass is 378 g/mol. The molecule has 4 rings (SSSR count). The Morgan fingerprint density at radius 1 is 1.00 bits per heavy atom. The van der Waals surface area contributed by atoms with E-state index in [0.717, 1.165) is 37.5 Å². The normalized spacial score (nSPS) is 17.2. The molecule has 0 bridgehead atoms. The molecule has 146 valence electrons. The van der Waals surface area contributed by atoms with E-state index in [4.69, 9.17) is 0 Å². The highest BCUT2D eigenvalue weighted by atomic mass is 16.2. The van der Waals surface area contributed by atoms with Crippen LogP contribution >= 0.6 is 0 Å². The molecule has 6 nitrogen and oxygen atoms in total. The molecule has 1 aromatic carbocycles. The number of hydrogen-bond donors (Lipinski definition) is 2. The summed E-state index contributed by atoms with van der Waals surface area (Å²) in [7, 11) is 0. The minimum Gasteiger partial charge on any atom is -0.372 e. The van der Waals surface area contributed by atoms with Crippen LogP contribution in [-0.4, -0.2) is 35.9 Å². The maximum absolute atomic E-state index is 12.6. The van der Waals surface area contributed by atoms with Gasteiger partial charge in [0.25, 0.3) is 11.8 Å². The number of piperidine rings is 1. The zero-order valence-electron chi connectivity index (χ0n) is 16.1. The van der Waals surface area contributed by atoms with Crippen molar-refractivity contribution in [1.82, 2.24) is 10.3 Å². The number of amides is 2. The molecule has 1 saturated heterocycles. The number of nitrogens with zero attached hydrogens (tertiary/aromatic N) is 2. The largest absolute Gasteiger partial charge is 0.372 e. The average Bonchev–Trinajstić information content (AvgIpc) is 3.53. The van der Waals surface area contributed by atoms with Gasteiger partial charge in [-0.3, -0.25) is 14.6 Å². The second kappa shape index (κ2) is 8.00. The number of pyridine rings is 1. The van der Waals surface area contributed by atoms with Crippen molar-refractivity contribution in [3.8, 4) is 0 Å². The molecule has 1 saturated carbocycles. The van der Waals surface area contributed by atoms with Crippen LogP contribution in [0.15, 0.2) is 42.6 Å². The third-order valence-corrected chi connectivity index (χ3v) is 5.44. The summed E-state index contributed by atoms with van der Waals surface area (Å²) >= 11 is 0. The molecule has 2 amide bonds. The van der Waals surface area contributed by atoms with Gasteiger partial charge in [0.15, 0.2) is 0 Å². The number of anilines is 2. The molecule has 0 unspecified atom stereocenters. The van der Waals surface area contributed by atoms with E-state index in [1.807, 2.05) is 24.3 Å². The molecule has 0 atom stereocenters. The van der Waals surface area contributed by atoms with Gasteiger partial charge >= 0.3 is 0 Å². The summed E-state index contributed by atoms with van der Waals surface area (Å²) in [6.07, 6.45) is 5.96. The molecular formula is C22H26N4O2. The van der Waals surface area contributed by atoms with Gasteiger partial charge in [-0.25, -0.2) is 0 Å². The number of carbonyl (C=O) groups is 2. The van der Waals surface area contributed by atoms with Crippen molar-refractivity contribution in [3.05, 3.63) is 53.9 Å². The van der Waals surface area contributed by atoms with Crippen molar-refractivity contribution in [2.24, 2.45) is 5.92 Å². The Labute approximate surface area is 165 Å². The Bertz CT molecular complexity index is 853. The third-order valence-electron chi connectivity index (χ3n) is 5.44. The Hall–Kier alpha value is -2.89. The van der Waals surface area contributed by atoms with Crippen molar-refractivity contribution in [3.63, 3.8) is 0 Å². The highest BCUT2D eigenvalue weighted by Gasteiger charge is 2.24. The minimum absolute atomic E-state index is 0.225. The molecule has 0 radical (unpaired) electrons. The molecule has 2 fully saturated rings. The van der Waals surface area contributed by atoms with Gasteiger partial charge in [-0.1, -0.05) is 6.92 Å². The topological polar surface area (TPSA) is 74.3 Å². The van der Waals surface area contributed by atoms with Gasteiger partial charge in [-0.15, -0.1) is 0 Å². The van der Waals surface area contributed by atoms with Crippen molar-refractivity contribution in [2.75, 3.05) is 23.3 Å². The molecule has 0 spiro atoms. The predicted molar refractivity (Wildman–Crippen MR) is 110 cm³/mol. The van der Waals surface area contributed by atoms with Gasteiger partial charge in [0, 0.05) is 42.3 Å². The van der Waals surface area contributed by atoms with E-state index in [1.165, 1.54) is 30.8 Å². The zero-order chi connectivity index (χ0) is 19.5. The van der Waals surface area contributed by atoms with Crippen LogP contribution in [0.5, 0.6) is 0 Å². The first-order valence-electron chi connectivity index (χ1n) is 10.0. The number of hydrogen-bond acceptors (Lipinski definition) is 4. The molecule has 2 heterocycles. The first-order chi connectivity index (χ1) is 13.6. The highest BCUT2D eigenvalue weighted by Crippen LogP contribution is 2.24. The van der Waals surface area contributed by atoms with E-state index >= 15 is 0 Å². The fraction of sp³-hybridized carbons (Fsp3) is 0.409. The van der Waals surface area contributed by atoms with Gasteiger partial charge in [0.05, 0.1) is 0 Å². The van der Waals surface area contributed by atoms with Crippen LogP contribution < -0.4 is 15.5 Å². The molecular weight excluding hydrogens is 352 g/mol. The molecule has 1 aliphatic heterocycles. The fourth-order valence-electron chi connectivity index (χ4n) is 3.41. The highest BCUT2D eigenvalue weighted by molar-refractivity contribution is 6.05. The summed E-state index contributed by atoms with van der Waals surface area (Å²) in [4.78, 5) is 31.2. The van der Waals surface area contributed by atoms with Crippen LogP contribution in [0.1, 0.15) is 53.5 Å². The standard InChI is InChI=1S/C22H26N4O2/c1-15-9-12-26(13-10-15)19-6-4-18(5-7-19)24-21(27)16-8-11-23-20(14-16)22(28)25-17-2-3-17/h4-8,11,14-15,17H,2-3,9-10,12-13H2,1H3,(H,24,27)(H,25,28). The lowest BCUT2D eigenvalue weighted by molar-refractivity contribution is 0.0946.